The van der Waals surface area contributed by atoms with E-state index in [0.29, 0.717) is 0 Å². The first-order chi connectivity index (χ1) is 5.52. The Kier molecular flexibility index (Phi) is 4.11. The molecule has 0 spiro atoms. The second-order valence-electron chi connectivity index (χ2n) is 4.92. The van der Waals surface area contributed by atoms with E-state index in [-0.39, 0.29) is 0 Å². The molecular formula is C7H22O3Si3. The molecular weight excluding hydrogens is 216 g/mol. The van der Waals surface area contributed by atoms with Crippen LogP contribution in [-0.2, 0) is 8.54 Å². The van der Waals surface area contributed by atoms with E-state index in [0.717, 1.165) is 0 Å². The summed E-state index contributed by atoms with van der Waals surface area (Å²) in [5.41, 5.74) is 0. The smallest absolute Gasteiger partial charge is 0.335 e. The Bertz CT molecular complexity index is 173. The highest BCUT2D eigenvalue weighted by atomic mass is 29.3. The zero-order valence-electron chi connectivity index (χ0n) is 9.76. The Hall–Kier alpha value is 0.531. The van der Waals surface area contributed by atoms with E-state index < -0.39 is 24.2 Å². The largest absolute Gasteiger partial charge is 0.437 e. The van der Waals surface area contributed by atoms with Crippen LogP contribution in [0.25, 0.3) is 0 Å². The summed E-state index contributed by atoms with van der Waals surface area (Å²) in [7, 11) is -4.56. The number of hydrogen-bond acceptors (Lipinski definition) is 3. The van der Waals surface area contributed by atoms with Gasteiger partial charge in [-0.15, -0.1) is 0 Å². The van der Waals surface area contributed by atoms with E-state index in [1.165, 1.54) is 0 Å². The van der Waals surface area contributed by atoms with Crippen LogP contribution in [0.2, 0.25) is 39.3 Å². The third kappa shape index (κ3) is 4.05. The molecule has 13 heavy (non-hydrogen) atoms. The topological polar surface area (TPSA) is 38.7 Å². The van der Waals surface area contributed by atoms with E-state index in [2.05, 4.69) is 19.6 Å². The zero-order chi connectivity index (χ0) is 10.9. The Morgan fingerprint density at radius 2 is 1.31 bits per heavy atom. The lowest BCUT2D eigenvalue weighted by Gasteiger charge is -2.38. The highest BCUT2D eigenvalue weighted by Crippen LogP contribution is 2.22. The molecule has 0 radical (unpaired) electrons. The normalized spacial score (nSPS) is 18.5. The van der Waals surface area contributed by atoms with Crippen LogP contribution in [0.3, 0.4) is 0 Å². The number of rotatable bonds is 4. The molecule has 0 fully saturated rings. The molecule has 0 aromatic rings. The first-order valence-electron chi connectivity index (χ1n) is 4.49. The highest BCUT2D eigenvalue weighted by molar-refractivity contribution is 7.34. The summed E-state index contributed by atoms with van der Waals surface area (Å²) in [4.78, 5) is 10.1. The minimum atomic E-state index is -2.30. The summed E-state index contributed by atoms with van der Waals surface area (Å²) in [5, 5.41) is 0. The third-order valence-corrected chi connectivity index (χ3v) is 17.2. The summed E-state index contributed by atoms with van der Waals surface area (Å²) in [6.07, 6.45) is 0. The summed E-state index contributed by atoms with van der Waals surface area (Å²) < 4.78 is 11.4. The van der Waals surface area contributed by atoms with Crippen molar-refractivity contribution in [3.05, 3.63) is 0 Å². The van der Waals surface area contributed by atoms with Crippen molar-refractivity contribution < 1.29 is 13.3 Å². The van der Waals surface area contributed by atoms with E-state index in [9.17, 15) is 4.80 Å². The fraction of sp³-hybridized carbons (Fsp3) is 1.00. The van der Waals surface area contributed by atoms with Gasteiger partial charge in [0.1, 0.15) is 0 Å². The van der Waals surface area contributed by atoms with Crippen LogP contribution in [-0.4, -0.2) is 36.1 Å². The molecule has 0 saturated carbocycles. The third-order valence-electron chi connectivity index (χ3n) is 2.00. The predicted octanol–water partition coefficient (Wildman–Crippen LogP) is 1.83. The average molecular weight is 239 g/mol. The van der Waals surface area contributed by atoms with Gasteiger partial charge in [-0.05, 0) is 39.3 Å². The minimum absolute atomic E-state index is 1.61. The van der Waals surface area contributed by atoms with Crippen molar-refractivity contribution in [3.8, 4) is 0 Å². The van der Waals surface area contributed by atoms with Gasteiger partial charge < -0.3 is 13.3 Å². The molecule has 1 unspecified atom stereocenters. The predicted molar refractivity (Wildman–Crippen MR) is 62.8 cm³/mol. The molecule has 6 heteroatoms. The van der Waals surface area contributed by atoms with Gasteiger partial charge in [-0.1, -0.05) is 0 Å². The molecule has 0 aromatic carbocycles. The van der Waals surface area contributed by atoms with E-state index in [4.69, 9.17) is 8.54 Å². The molecule has 0 aromatic heterocycles. The molecule has 0 aliphatic heterocycles. The Morgan fingerprint density at radius 3 is 1.38 bits per heavy atom. The molecule has 1 atom stereocenters. The maximum Gasteiger partial charge on any atom is 0.335 e. The molecule has 80 valence electrons. The van der Waals surface area contributed by atoms with Gasteiger partial charge in [0.15, 0.2) is 8.32 Å². The van der Waals surface area contributed by atoms with Gasteiger partial charge in [0.2, 0.25) is 7.83 Å². The van der Waals surface area contributed by atoms with Gasteiger partial charge >= 0.3 is 8.08 Å². The summed E-state index contributed by atoms with van der Waals surface area (Å²) in [6, 6.07) is 0. The summed E-state index contributed by atoms with van der Waals surface area (Å²) in [6.45, 7) is 12.1. The van der Waals surface area contributed by atoms with Gasteiger partial charge in [-0.3, -0.25) is 0 Å². The fourth-order valence-corrected chi connectivity index (χ4v) is 14.0. The molecule has 1 N–H and O–H groups in total. The lowest BCUT2D eigenvalue weighted by molar-refractivity contribution is 0.314. The molecule has 0 amide bonds. The second-order valence-corrected chi connectivity index (χ2v) is 21.8. The molecule has 0 aliphatic rings. The summed E-state index contributed by atoms with van der Waals surface area (Å²) >= 11 is 0. The van der Waals surface area contributed by atoms with Gasteiger partial charge in [0, 0.05) is 7.11 Å². The fourth-order valence-electron chi connectivity index (χ4n) is 1.00. The lowest BCUT2D eigenvalue weighted by atomic mass is 11.8. The first kappa shape index (κ1) is 13.5. The van der Waals surface area contributed by atoms with Crippen LogP contribution >= 0.6 is 0 Å². The maximum atomic E-state index is 10.1. The Morgan fingerprint density at radius 1 is 0.923 bits per heavy atom. The van der Waals surface area contributed by atoms with Crippen molar-refractivity contribution in [2.45, 2.75) is 39.3 Å². The van der Waals surface area contributed by atoms with Crippen LogP contribution in [0.5, 0.6) is 0 Å². The zero-order valence-corrected chi connectivity index (χ0v) is 12.8. The molecule has 0 aliphatic carbocycles. The first-order valence-corrected chi connectivity index (χ1v) is 14.2. The van der Waals surface area contributed by atoms with Gasteiger partial charge in [-0.2, -0.15) is 0 Å². The molecule has 0 rings (SSSR count). The van der Waals surface area contributed by atoms with Gasteiger partial charge in [0.25, 0.3) is 0 Å². The standard InChI is InChI=1S/C7H22O3Si3/c1-9-13(7,12(5,6)8)10-11(2,3)4/h8H,1-7H3. The van der Waals surface area contributed by atoms with Gasteiger partial charge in [0.05, 0.1) is 0 Å². The Balaban J connectivity index is 4.67. The maximum absolute atomic E-state index is 10.1. The van der Waals surface area contributed by atoms with Crippen LogP contribution in [0.1, 0.15) is 0 Å². The van der Waals surface area contributed by atoms with Crippen LogP contribution in [0.15, 0.2) is 0 Å². The average Bonchev–Trinajstić information content (AvgIpc) is 1.81. The van der Waals surface area contributed by atoms with Crippen LogP contribution in [0, 0.1) is 0 Å². The van der Waals surface area contributed by atoms with Crippen molar-refractivity contribution in [1.82, 2.24) is 0 Å². The second kappa shape index (κ2) is 3.95. The molecule has 0 bridgehead atoms. The quantitative estimate of drug-likeness (QED) is 0.760. The Labute approximate surface area is 84.4 Å². The van der Waals surface area contributed by atoms with Crippen molar-refractivity contribution in [1.29, 1.82) is 0 Å². The van der Waals surface area contributed by atoms with Crippen molar-refractivity contribution in [2.24, 2.45) is 0 Å². The van der Waals surface area contributed by atoms with Crippen molar-refractivity contribution in [3.63, 3.8) is 0 Å². The lowest BCUT2D eigenvalue weighted by Crippen LogP contribution is -2.64. The van der Waals surface area contributed by atoms with Crippen molar-refractivity contribution >= 4 is 24.2 Å². The SMILES string of the molecule is CO[Si](C)(O[Si](C)(C)C)[Si](C)(C)O. The van der Waals surface area contributed by atoms with Crippen LogP contribution < -0.4 is 0 Å². The van der Waals surface area contributed by atoms with E-state index >= 15 is 0 Å². The van der Waals surface area contributed by atoms with Crippen molar-refractivity contribution in [2.75, 3.05) is 7.11 Å². The molecule has 0 saturated heterocycles. The van der Waals surface area contributed by atoms with Gasteiger partial charge in [-0.25, -0.2) is 0 Å². The number of hydrogen-bond donors (Lipinski definition) is 1. The molecule has 3 nitrogen and oxygen atoms in total. The minimum Gasteiger partial charge on any atom is -0.437 e. The van der Waals surface area contributed by atoms with Crippen LogP contribution in [0.4, 0.5) is 0 Å². The summed E-state index contributed by atoms with van der Waals surface area (Å²) in [5.74, 6) is 0. The van der Waals surface area contributed by atoms with E-state index in [1.54, 1.807) is 7.11 Å². The van der Waals surface area contributed by atoms with E-state index in [1.807, 2.05) is 19.6 Å². The molecule has 0 heterocycles. The monoisotopic (exact) mass is 238 g/mol. The highest BCUT2D eigenvalue weighted by Gasteiger charge is 2.50.